The summed E-state index contributed by atoms with van der Waals surface area (Å²) in [7, 11) is 0. The van der Waals surface area contributed by atoms with Gasteiger partial charge in [0.25, 0.3) is 0 Å². The van der Waals surface area contributed by atoms with Gasteiger partial charge in [-0.2, -0.15) is 0 Å². The number of phenolic OH excluding ortho intramolecular Hbond substituents is 1. The number of para-hydroxylation sites is 1. The van der Waals surface area contributed by atoms with E-state index in [1.165, 1.54) is 18.6 Å². The summed E-state index contributed by atoms with van der Waals surface area (Å²) in [6.45, 7) is 0. The molecule has 0 aliphatic heterocycles. The molecule has 0 spiro atoms. The lowest BCUT2D eigenvalue weighted by Crippen LogP contribution is -2.21. The number of aromatic hydroxyl groups is 1. The molecule has 0 aliphatic rings. The molecule has 19 heavy (non-hydrogen) atoms. The second kappa shape index (κ2) is 5.81. The molecule has 1 heterocycles. The fraction of sp³-hybridized carbons (Fsp3) is 0.154. The zero-order valence-corrected chi connectivity index (χ0v) is 10.0. The number of aliphatic carboxylic acids is 1. The number of nitrogens with one attached hydrogen (secondary N) is 1. The Hall–Kier alpha value is -2.63. The lowest BCUT2D eigenvalue weighted by Gasteiger charge is -2.05. The van der Waals surface area contributed by atoms with Gasteiger partial charge in [0.1, 0.15) is 5.75 Å². The van der Waals surface area contributed by atoms with Crippen molar-refractivity contribution in [3.63, 3.8) is 0 Å². The largest absolute Gasteiger partial charge is 0.507 e. The number of carboxylic acids is 1. The molecule has 0 radical (unpaired) electrons. The van der Waals surface area contributed by atoms with Crippen molar-refractivity contribution >= 4 is 12.2 Å². The third-order valence-electron chi connectivity index (χ3n) is 2.58. The number of carboxylic acid groups (broad SMARTS) is 1. The maximum atomic E-state index is 11.1. The highest BCUT2D eigenvalue weighted by Crippen LogP contribution is 2.13. The van der Waals surface area contributed by atoms with Gasteiger partial charge < -0.3 is 15.2 Å². The maximum absolute atomic E-state index is 11.1. The molecule has 0 saturated carbocycles. The minimum absolute atomic E-state index is 0.0666. The van der Waals surface area contributed by atoms with Gasteiger partial charge in [-0.1, -0.05) is 12.1 Å². The highest BCUT2D eigenvalue weighted by molar-refractivity contribution is 5.86. The molecule has 1 aromatic heterocycles. The van der Waals surface area contributed by atoms with Crippen LogP contribution in [-0.2, 0) is 11.2 Å². The number of aromatic amines is 1. The molecule has 0 saturated heterocycles. The SMILES string of the molecule is O=C(O)C(Cc1cnc[nH]1)N=Cc1ccccc1O. The summed E-state index contributed by atoms with van der Waals surface area (Å²) >= 11 is 0. The summed E-state index contributed by atoms with van der Waals surface area (Å²) in [6, 6.07) is 5.69. The lowest BCUT2D eigenvalue weighted by atomic mass is 10.1. The number of nitrogens with zero attached hydrogens (tertiary/aromatic N) is 2. The first kappa shape index (κ1) is 12.8. The van der Waals surface area contributed by atoms with E-state index in [9.17, 15) is 9.90 Å². The van der Waals surface area contributed by atoms with Gasteiger partial charge in [0, 0.05) is 30.1 Å². The summed E-state index contributed by atoms with van der Waals surface area (Å²) in [4.78, 5) is 21.8. The van der Waals surface area contributed by atoms with Crippen molar-refractivity contribution in [2.45, 2.75) is 12.5 Å². The van der Waals surface area contributed by atoms with E-state index in [0.717, 1.165) is 0 Å². The molecule has 0 fully saturated rings. The van der Waals surface area contributed by atoms with Crippen LogP contribution >= 0.6 is 0 Å². The van der Waals surface area contributed by atoms with E-state index < -0.39 is 12.0 Å². The third kappa shape index (κ3) is 3.41. The first-order valence-corrected chi connectivity index (χ1v) is 5.68. The molecular formula is C13H13N3O3. The van der Waals surface area contributed by atoms with Gasteiger partial charge in [0.05, 0.1) is 6.33 Å². The molecule has 0 aliphatic carbocycles. The van der Waals surface area contributed by atoms with Crippen LogP contribution in [0.1, 0.15) is 11.3 Å². The van der Waals surface area contributed by atoms with Gasteiger partial charge in [-0.25, -0.2) is 9.78 Å². The van der Waals surface area contributed by atoms with Crippen LogP contribution in [0.25, 0.3) is 0 Å². The number of carbonyl (C=O) groups is 1. The number of imidazole rings is 1. The Morgan fingerprint density at radius 1 is 1.47 bits per heavy atom. The molecule has 6 nitrogen and oxygen atoms in total. The number of hydrogen-bond donors (Lipinski definition) is 3. The Morgan fingerprint density at radius 2 is 2.26 bits per heavy atom. The standard InChI is InChI=1S/C13H13N3O3/c17-12-4-2-1-3-9(12)6-15-11(13(18)19)5-10-7-14-8-16-10/h1-4,6-8,11,17H,5H2,(H,14,16)(H,18,19). The average molecular weight is 259 g/mol. The maximum Gasteiger partial charge on any atom is 0.328 e. The molecule has 0 bridgehead atoms. The molecular weight excluding hydrogens is 246 g/mol. The van der Waals surface area contributed by atoms with E-state index in [2.05, 4.69) is 15.0 Å². The normalized spacial score (nSPS) is 12.6. The van der Waals surface area contributed by atoms with Gasteiger partial charge in [0.2, 0.25) is 0 Å². The van der Waals surface area contributed by atoms with E-state index >= 15 is 0 Å². The predicted octanol–water partition coefficient (Wildman–Crippen LogP) is 1.23. The topological polar surface area (TPSA) is 98.6 Å². The molecule has 2 aromatic rings. The van der Waals surface area contributed by atoms with Crippen LogP contribution < -0.4 is 0 Å². The molecule has 1 aromatic carbocycles. The van der Waals surface area contributed by atoms with E-state index in [1.807, 2.05) is 0 Å². The first-order chi connectivity index (χ1) is 9.16. The summed E-state index contributed by atoms with van der Waals surface area (Å²) < 4.78 is 0. The van der Waals surface area contributed by atoms with Crippen molar-refractivity contribution in [3.05, 3.63) is 48.0 Å². The Balaban J connectivity index is 2.13. The van der Waals surface area contributed by atoms with Gasteiger partial charge in [-0.3, -0.25) is 4.99 Å². The van der Waals surface area contributed by atoms with Crippen molar-refractivity contribution in [1.82, 2.24) is 9.97 Å². The minimum Gasteiger partial charge on any atom is -0.507 e. The van der Waals surface area contributed by atoms with Crippen LogP contribution in [-0.4, -0.2) is 38.4 Å². The van der Waals surface area contributed by atoms with Crippen LogP contribution in [0.4, 0.5) is 0 Å². The van der Waals surface area contributed by atoms with Gasteiger partial charge in [-0.05, 0) is 12.1 Å². The monoisotopic (exact) mass is 259 g/mol. The summed E-state index contributed by atoms with van der Waals surface area (Å²) in [5.74, 6) is -0.960. The van der Waals surface area contributed by atoms with Gasteiger partial charge in [0.15, 0.2) is 6.04 Å². The Kier molecular flexibility index (Phi) is 3.92. The van der Waals surface area contributed by atoms with Crippen molar-refractivity contribution < 1.29 is 15.0 Å². The smallest absolute Gasteiger partial charge is 0.328 e. The predicted molar refractivity (Wildman–Crippen MR) is 69.4 cm³/mol. The van der Waals surface area contributed by atoms with Gasteiger partial charge >= 0.3 is 5.97 Å². The molecule has 98 valence electrons. The number of aliphatic imine (C=N–C) groups is 1. The fourth-order valence-corrected chi connectivity index (χ4v) is 1.58. The third-order valence-corrected chi connectivity index (χ3v) is 2.58. The van der Waals surface area contributed by atoms with Crippen LogP contribution in [0.3, 0.4) is 0 Å². The van der Waals surface area contributed by atoms with Crippen LogP contribution in [0.15, 0.2) is 41.8 Å². The number of H-pyrrole nitrogens is 1. The van der Waals surface area contributed by atoms with Crippen LogP contribution in [0.2, 0.25) is 0 Å². The number of phenols is 1. The van der Waals surface area contributed by atoms with Crippen molar-refractivity contribution in [2.75, 3.05) is 0 Å². The molecule has 6 heteroatoms. The van der Waals surface area contributed by atoms with Crippen molar-refractivity contribution in [2.24, 2.45) is 4.99 Å². The van der Waals surface area contributed by atoms with E-state index in [-0.39, 0.29) is 12.2 Å². The van der Waals surface area contributed by atoms with Crippen LogP contribution in [0, 0.1) is 0 Å². The Morgan fingerprint density at radius 3 is 2.89 bits per heavy atom. The van der Waals surface area contributed by atoms with E-state index in [4.69, 9.17) is 5.11 Å². The highest BCUT2D eigenvalue weighted by atomic mass is 16.4. The number of aromatic nitrogens is 2. The molecule has 1 unspecified atom stereocenters. The minimum atomic E-state index is -1.03. The Bertz CT molecular complexity index is 579. The lowest BCUT2D eigenvalue weighted by molar-refractivity contribution is -0.138. The molecule has 0 amide bonds. The second-order valence-electron chi connectivity index (χ2n) is 3.97. The van der Waals surface area contributed by atoms with Gasteiger partial charge in [-0.15, -0.1) is 0 Å². The van der Waals surface area contributed by atoms with E-state index in [0.29, 0.717) is 11.3 Å². The quantitative estimate of drug-likeness (QED) is 0.703. The summed E-state index contributed by atoms with van der Waals surface area (Å²) in [5.41, 5.74) is 1.18. The molecule has 1 atom stereocenters. The molecule has 2 rings (SSSR count). The summed E-state index contributed by atoms with van der Waals surface area (Å²) in [5, 5.41) is 18.7. The van der Waals surface area contributed by atoms with Crippen molar-refractivity contribution in [1.29, 1.82) is 0 Å². The zero-order valence-electron chi connectivity index (χ0n) is 10.0. The zero-order chi connectivity index (χ0) is 13.7. The van der Waals surface area contributed by atoms with Crippen molar-refractivity contribution in [3.8, 4) is 5.75 Å². The average Bonchev–Trinajstić information content (AvgIpc) is 2.88. The van der Waals surface area contributed by atoms with Crippen LogP contribution in [0.5, 0.6) is 5.75 Å². The number of benzene rings is 1. The second-order valence-corrected chi connectivity index (χ2v) is 3.97. The first-order valence-electron chi connectivity index (χ1n) is 5.68. The Labute approximate surface area is 109 Å². The van der Waals surface area contributed by atoms with E-state index in [1.54, 1.807) is 24.4 Å². The number of rotatable bonds is 5. The fourth-order valence-electron chi connectivity index (χ4n) is 1.58. The number of hydrogen-bond acceptors (Lipinski definition) is 4. The molecule has 3 N–H and O–H groups in total. The summed E-state index contributed by atoms with van der Waals surface area (Å²) in [6.07, 6.45) is 4.64. The highest BCUT2D eigenvalue weighted by Gasteiger charge is 2.16.